The van der Waals surface area contributed by atoms with E-state index in [1.54, 1.807) is 0 Å². The van der Waals surface area contributed by atoms with E-state index in [0.29, 0.717) is 11.7 Å². The van der Waals surface area contributed by atoms with E-state index in [2.05, 4.69) is 40.7 Å². The van der Waals surface area contributed by atoms with Crippen molar-refractivity contribution in [2.45, 2.75) is 52.9 Å². The Kier molecular flexibility index (Phi) is 3.13. The van der Waals surface area contributed by atoms with Crippen LogP contribution in [0.2, 0.25) is 0 Å². The number of benzene rings is 1. The normalized spacial score (nSPS) is 12.2. The topological polar surface area (TPSA) is 20.2 Å². The summed E-state index contributed by atoms with van der Waals surface area (Å²) in [5.41, 5.74) is 3.40. The fourth-order valence-corrected chi connectivity index (χ4v) is 1.96. The van der Waals surface area contributed by atoms with Gasteiger partial charge in [0.25, 0.3) is 0 Å². The third-order valence-corrected chi connectivity index (χ3v) is 2.80. The van der Waals surface area contributed by atoms with Gasteiger partial charge in [0, 0.05) is 5.56 Å². The molecule has 0 fully saturated rings. The maximum atomic E-state index is 10.1. The number of rotatable bonds is 1. The molecule has 0 atom stereocenters. The van der Waals surface area contributed by atoms with E-state index >= 15 is 0 Å². The van der Waals surface area contributed by atoms with Gasteiger partial charge in [-0.25, -0.2) is 0 Å². The van der Waals surface area contributed by atoms with Crippen molar-refractivity contribution in [3.8, 4) is 5.75 Å². The average molecular weight is 206 g/mol. The highest BCUT2D eigenvalue weighted by atomic mass is 16.3. The number of hydrogen-bond acceptors (Lipinski definition) is 1. The lowest BCUT2D eigenvalue weighted by atomic mass is 9.79. The first-order chi connectivity index (χ1) is 6.75. The molecule has 0 aromatic heterocycles. The van der Waals surface area contributed by atoms with Crippen molar-refractivity contribution in [1.29, 1.82) is 0 Å². The summed E-state index contributed by atoms with van der Waals surface area (Å²) in [6.07, 6.45) is 0. The Morgan fingerprint density at radius 2 is 1.67 bits per heavy atom. The zero-order valence-electron chi connectivity index (χ0n) is 10.7. The predicted octanol–water partition coefficient (Wildman–Crippen LogP) is 4.12. The van der Waals surface area contributed by atoms with E-state index in [4.69, 9.17) is 0 Å². The minimum atomic E-state index is 0.0881. The van der Waals surface area contributed by atoms with Gasteiger partial charge in [-0.2, -0.15) is 0 Å². The minimum absolute atomic E-state index is 0.0881. The molecule has 0 aliphatic rings. The molecular formula is C14H22O. The van der Waals surface area contributed by atoms with Gasteiger partial charge in [-0.1, -0.05) is 46.8 Å². The molecule has 0 bridgehead atoms. The Morgan fingerprint density at radius 1 is 1.13 bits per heavy atom. The summed E-state index contributed by atoms with van der Waals surface area (Å²) in [5, 5.41) is 10.1. The Morgan fingerprint density at radius 3 is 2.07 bits per heavy atom. The van der Waals surface area contributed by atoms with E-state index in [1.165, 1.54) is 5.56 Å². The van der Waals surface area contributed by atoms with Crippen LogP contribution in [-0.4, -0.2) is 5.11 Å². The molecule has 0 amide bonds. The SMILES string of the molecule is Cc1ccc(C(C)(C)C)c(C(C)C)c1O. The van der Waals surface area contributed by atoms with Gasteiger partial charge < -0.3 is 5.11 Å². The minimum Gasteiger partial charge on any atom is -0.507 e. The molecule has 1 nitrogen and oxygen atoms in total. The number of aromatic hydroxyl groups is 1. The first-order valence-electron chi connectivity index (χ1n) is 5.58. The van der Waals surface area contributed by atoms with Crippen LogP contribution in [-0.2, 0) is 5.41 Å². The van der Waals surface area contributed by atoms with Crippen molar-refractivity contribution in [1.82, 2.24) is 0 Å². The molecule has 84 valence electrons. The van der Waals surface area contributed by atoms with Gasteiger partial charge in [0.05, 0.1) is 0 Å². The van der Waals surface area contributed by atoms with Crippen LogP contribution in [0.15, 0.2) is 12.1 Å². The van der Waals surface area contributed by atoms with Crippen LogP contribution < -0.4 is 0 Å². The van der Waals surface area contributed by atoms with E-state index in [9.17, 15) is 5.11 Å². The first-order valence-corrected chi connectivity index (χ1v) is 5.58. The molecule has 0 saturated carbocycles. The standard InChI is InChI=1S/C14H22O/c1-9(2)12-11(14(4,5)6)8-7-10(3)13(12)15/h7-9,15H,1-6H3. The van der Waals surface area contributed by atoms with E-state index in [0.717, 1.165) is 11.1 Å². The molecule has 0 aliphatic carbocycles. The lowest BCUT2D eigenvalue weighted by Gasteiger charge is -2.26. The highest BCUT2D eigenvalue weighted by Gasteiger charge is 2.22. The molecule has 0 aliphatic heterocycles. The number of aryl methyl sites for hydroxylation is 1. The third kappa shape index (κ3) is 2.34. The monoisotopic (exact) mass is 206 g/mol. The van der Waals surface area contributed by atoms with Gasteiger partial charge in [0.2, 0.25) is 0 Å². The second kappa shape index (κ2) is 3.88. The Labute approximate surface area is 93.1 Å². The zero-order valence-corrected chi connectivity index (χ0v) is 10.7. The van der Waals surface area contributed by atoms with Gasteiger partial charge in [-0.15, -0.1) is 0 Å². The summed E-state index contributed by atoms with van der Waals surface area (Å²) in [6.45, 7) is 12.8. The smallest absolute Gasteiger partial charge is 0.122 e. The molecule has 1 N–H and O–H groups in total. The van der Waals surface area contributed by atoms with Crippen LogP contribution in [0.25, 0.3) is 0 Å². The molecule has 1 aromatic rings. The van der Waals surface area contributed by atoms with E-state index in [-0.39, 0.29) is 5.41 Å². The van der Waals surface area contributed by atoms with Crippen LogP contribution in [0.5, 0.6) is 5.75 Å². The maximum Gasteiger partial charge on any atom is 0.122 e. The largest absolute Gasteiger partial charge is 0.507 e. The summed E-state index contributed by atoms with van der Waals surface area (Å²) in [6, 6.07) is 4.15. The quantitative estimate of drug-likeness (QED) is 0.732. The lowest BCUT2D eigenvalue weighted by Crippen LogP contribution is -2.15. The molecule has 1 aromatic carbocycles. The summed E-state index contributed by atoms with van der Waals surface area (Å²) in [5.74, 6) is 0.830. The average Bonchev–Trinajstić information content (AvgIpc) is 2.06. The molecule has 1 heteroatoms. The van der Waals surface area contributed by atoms with Crippen LogP contribution in [0.3, 0.4) is 0 Å². The van der Waals surface area contributed by atoms with Crippen LogP contribution in [0.4, 0.5) is 0 Å². The Hall–Kier alpha value is -0.980. The van der Waals surface area contributed by atoms with Crippen molar-refractivity contribution in [2.24, 2.45) is 0 Å². The molecule has 15 heavy (non-hydrogen) atoms. The molecule has 1 rings (SSSR count). The van der Waals surface area contributed by atoms with Crippen LogP contribution >= 0.6 is 0 Å². The van der Waals surface area contributed by atoms with Crippen molar-refractivity contribution in [2.75, 3.05) is 0 Å². The van der Waals surface area contributed by atoms with Gasteiger partial charge in [-0.3, -0.25) is 0 Å². The fraction of sp³-hybridized carbons (Fsp3) is 0.571. The van der Waals surface area contributed by atoms with Crippen molar-refractivity contribution < 1.29 is 5.11 Å². The second-order valence-corrected chi connectivity index (χ2v) is 5.60. The predicted molar refractivity (Wildman–Crippen MR) is 65.6 cm³/mol. The van der Waals surface area contributed by atoms with Crippen LogP contribution in [0.1, 0.15) is 57.2 Å². The molecule has 0 spiro atoms. The van der Waals surface area contributed by atoms with Gasteiger partial charge in [0.1, 0.15) is 5.75 Å². The maximum absolute atomic E-state index is 10.1. The number of phenols is 1. The van der Waals surface area contributed by atoms with E-state index < -0.39 is 0 Å². The molecular weight excluding hydrogens is 184 g/mol. The van der Waals surface area contributed by atoms with Crippen LogP contribution in [0, 0.1) is 6.92 Å². The van der Waals surface area contributed by atoms with Gasteiger partial charge in [0.15, 0.2) is 0 Å². The van der Waals surface area contributed by atoms with Crippen molar-refractivity contribution in [3.05, 3.63) is 28.8 Å². The summed E-state index contributed by atoms with van der Waals surface area (Å²) in [4.78, 5) is 0. The Bertz CT molecular complexity index is 356. The number of hydrogen-bond donors (Lipinski definition) is 1. The third-order valence-electron chi connectivity index (χ3n) is 2.80. The van der Waals surface area contributed by atoms with E-state index in [1.807, 2.05) is 13.0 Å². The molecule has 0 unspecified atom stereocenters. The van der Waals surface area contributed by atoms with Gasteiger partial charge in [-0.05, 0) is 29.4 Å². The van der Waals surface area contributed by atoms with Crippen molar-refractivity contribution >= 4 is 0 Å². The zero-order chi connectivity index (χ0) is 11.8. The lowest BCUT2D eigenvalue weighted by molar-refractivity contribution is 0.453. The highest BCUT2D eigenvalue weighted by molar-refractivity contribution is 5.49. The molecule has 0 heterocycles. The second-order valence-electron chi connectivity index (χ2n) is 5.60. The summed E-state index contributed by atoms with van der Waals surface area (Å²) >= 11 is 0. The first kappa shape index (κ1) is 12.1. The fourth-order valence-electron chi connectivity index (χ4n) is 1.96. The Balaban J connectivity index is 3.47. The summed E-state index contributed by atoms with van der Waals surface area (Å²) in [7, 11) is 0. The molecule has 0 saturated heterocycles. The number of phenolic OH excluding ortho intramolecular Hbond substituents is 1. The highest BCUT2D eigenvalue weighted by Crippen LogP contribution is 2.37. The van der Waals surface area contributed by atoms with Crippen molar-refractivity contribution in [3.63, 3.8) is 0 Å². The summed E-state index contributed by atoms with van der Waals surface area (Å²) < 4.78 is 0. The van der Waals surface area contributed by atoms with Gasteiger partial charge >= 0.3 is 0 Å². The molecule has 0 radical (unpaired) electrons.